The average molecular weight is 549 g/mol. The van der Waals surface area contributed by atoms with Crippen molar-refractivity contribution < 1.29 is 14.6 Å². The summed E-state index contributed by atoms with van der Waals surface area (Å²) in [6.45, 7) is 12.9. The van der Waals surface area contributed by atoms with Gasteiger partial charge in [-0.2, -0.15) is 0 Å². The molecule has 7 nitrogen and oxygen atoms in total. The molecule has 0 saturated carbocycles. The van der Waals surface area contributed by atoms with E-state index in [0.717, 1.165) is 52.1 Å². The molecule has 39 heavy (non-hydrogen) atoms. The molecule has 1 aromatic carbocycles. The van der Waals surface area contributed by atoms with Gasteiger partial charge in [-0.15, -0.1) is 11.3 Å². The van der Waals surface area contributed by atoms with Crippen molar-refractivity contribution in [2.24, 2.45) is 16.8 Å². The second kappa shape index (κ2) is 13.4. The van der Waals surface area contributed by atoms with Crippen LogP contribution < -0.4 is 5.32 Å². The van der Waals surface area contributed by atoms with E-state index in [1.165, 1.54) is 0 Å². The van der Waals surface area contributed by atoms with E-state index >= 15 is 0 Å². The fourth-order valence-electron chi connectivity index (χ4n) is 5.47. The Bertz CT molecular complexity index is 1210. The van der Waals surface area contributed by atoms with Crippen LogP contribution >= 0.6 is 11.3 Å². The van der Waals surface area contributed by atoms with Crippen molar-refractivity contribution >= 4 is 31.0 Å². The minimum Gasteiger partial charge on any atom is -0.478 e. The number of rotatable bonds is 12. The Hall–Kier alpha value is -2.91. The molecule has 1 fully saturated rings. The number of likely N-dealkylation sites (tertiary alicyclic amines) is 1. The topological polar surface area (TPSA) is 87.0 Å². The summed E-state index contributed by atoms with van der Waals surface area (Å²) in [7, 11) is 2.18. The third-order valence-electron chi connectivity index (χ3n) is 7.53. The number of nitrogens with one attached hydrogen (secondary N) is 1. The zero-order valence-corrected chi connectivity index (χ0v) is 24.5. The summed E-state index contributed by atoms with van der Waals surface area (Å²) in [5.74, 6) is 0.885. The van der Waals surface area contributed by atoms with E-state index < -0.39 is 12.1 Å². The first-order chi connectivity index (χ1) is 18.8. The molecule has 2 aliphatic heterocycles. The minimum absolute atomic E-state index is 0.0221. The Morgan fingerprint density at radius 1 is 1.31 bits per heavy atom. The van der Waals surface area contributed by atoms with Gasteiger partial charge in [-0.05, 0) is 36.0 Å². The number of hydrogen-bond donors (Lipinski definition) is 2. The number of aliphatic imine (C=N–C) groups is 1. The van der Waals surface area contributed by atoms with Crippen molar-refractivity contribution in [3.05, 3.63) is 65.0 Å². The number of nitrogens with zero attached hydrogens (tertiary/aromatic N) is 3. The van der Waals surface area contributed by atoms with E-state index in [9.17, 15) is 9.90 Å². The van der Waals surface area contributed by atoms with Crippen LogP contribution in [0.1, 0.15) is 44.4 Å². The Morgan fingerprint density at radius 2 is 2.08 bits per heavy atom. The number of carbonyl (C=O) groups excluding carboxylic acids is 1. The summed E-state index contributed by atoms with van der Waals surface area (Å²) in [5.41, 5.74) is 7.05. The van der Waals surface area contributed by atoms with Crippen molar-refractivity contribution in [2.45, 2.75) is 65.0 Å². The van der Waals surface area contributed by atoms with Gasteiger partial charge in [0.2, 0.25) is 11.8 Å². The molecule has 1 saturated heterocycles. The molecule has 0 bridgehead atoms. The summed E-state index contributed by atoms with van der Waals surface area (Å²) in [6, 6.07) is 7.76. The highest BCUT2D eigenvalue weighted by molar-refractivity contribution is 7.13. The first-order valence-electron chi connectivity index (χ1n) is 14.1. The summed E-state index contributed by atoms with van der Waals surface area (Å²) >= 11 is 1.63. The third-order valence-corrected chi connectivity index (χ3v) is 8.51. The Kier molecular flexibility index (Phi) is 10.0. The first kappa shape index (κ1) is 29.1. The van der Waals surface area contributed by atoms with Gasteiger partial charge in [0, 0.05) is 37.2 Å². The number of aliphatic hydroxyl groups excluding tert-OH is 1. The van der Waals surface area contributed by atoms with Crippen LogP contribution in [-0.2, 0) is 16.1 Å². The number of amides is 1. The molecule has 0 spiro atoms. The number of aliphatic hydroxyl groups is 1. The zero-order valence-electron chi connectivity index (χ0n) is 23.7. The predicted molar refractivity (Wildman–Crippen MR) is 162 cm³/mol. The lowest BCUT2D eigenvalue weighted by atomic mass is 9.85. The quantitative estimate of drug-likeness (QED) is 0.308. The van der Waals surface area contributed by atoms with Crippen LogP contribution in [0, 0.1) is 18.8 Å². The third kappa shape index (κ3) is 7.19. The van der Waals surface area contributed by atoms with E-state index in [1.54, 1.807) is 11.3 Å². The van der Waals surface area contributed by atoms with Gasteiger partial charge < -0.3 is 20.1 Å². The normalized spacial score (nSPS) is 19.7. The molecule has 4 rings (SSSR count). The summed E-state index contributed by atoms with van der Waals surface area (Å²) in [5, 5.41) is 13.6. The minimum atomic E-state index is -0.571. The number of thiazole rings is 1. The number of carbonyl (C=O) groups is 1. The number of unbranched alkanes of at least 4 members (excludes halogenated alkanes) is 1. The van der Waals surface area contributed by atoms with Gasteiger partial charge in [0.25, 0.3) is 0 Å². The van der Waals surface area contributed by atoms with Crippen LogP contribution in [0.4, 0.5) is 0 Å². The van der Waals surface area contributed by atoms with Crippen LogP contribution in [0.25, 0.3) is 10.4 Å². The van der Waals surface area contributed by atoms with Gasteiger partial charge in [-0.1, -0.05) is 57.4 Å². The highest BCUT2D eigenvalue weighted by atomic mass is 32.1. The van der Waals surface area contributed by atoms with Crippen molar-refractivity contribution in [3.63, 3.8) is 0 Å². The molecule has 0 radical (unpaired) electrons. The maximum Gasteiger partial charge on any atom is 0.243 e. The highest BCUT2D eigenvalue weighted by Gasteiger charge is 2.39. The number of allylic oxidation sites excluding steroid dienone is 1. The van der Waals surface area contributed by atoms with Gasteiger partial charge in [0.1, 0.15) is 13.9 Å². The monoisotopic (exact) mass is 548 g/mol. The van der Waals surface area contributed by atoms with Gasteiger partial charge >= 0.3 is 0 Å². The fourth-order valence-corrected chi connectivity index (χ4v) is 6.28. The SMILES string of the molecule is BCCCCOC1=NCC(C(C(=C)N2C[C@H](O)CC2C(=O)NCc2ccc(-c3scnc3C)cc2)C(C)C)=C1. The first-order valence-corrected chi connectivity index (χ1v) is 14.9. The molecular formula is C30H41BN4O3S. The smallest absolute Gasteiger partial charge is 0.243 e. The molecule has 208 valence electrons. The van der Waals surface area contributed by atoms with Crippen LogP contribution in [0.3, 0.4) is 0 Å². The van der Waals surface area contributed by atoms with Crippen molar-refractivity contribution in [1.82, 2.24) is 15.2 Å². The number of hydrogen-bond acceptors (Lipinski definition) is 7. The lowest BCUT2D eigenvalue weighted by Gasteiger charge is -2.35. The van der Waals surface area contributed by atoms with E-state index in [-0.39, 0.29) is 17.7 Å². The van der Waals surface area contributed by atoms with Crippen molar-refractivity contribution in [3.8, 4) is 10.4 Å². The molecular weight excluding hydrogens is 507 g/mol. The summed E-state index contributed by atoms with van der Waals surface area (Å²) in [6.07, 6.45) is 5.19. The number of ether oxygens (including phenoxy) is 1. The van der Waals surface area contributed by atoms with E-state index in [2.05, 4.69) is 55.7 Å². The zero-order chi connectivity index (χ0) is 27.9. The van der Waals surface area contributed by atoms with Gasteiger partial charge in [-0.3, -0.25) is 4.79 Å². The average Bonchev–Trinajstić information content (AvgIpc) is 3.65. The number of aromatic nitrogens is 1. The molecule has 2 aromatic rings. The molecule has 2 unspecified atom stereocenters. The number of aryl methyl sites for hydroxylation is 1. The van der Waals surface area contributed by atoms with Crippen molar-refractivity contribution in [2.75, 3.05) is 19.7 Å². The van der Waals surface area contributed by atoms with Gasteiger partial charge in [0.05, 0.1) is 35.3 Å². The molecule has 3 heterocycles. The predicted octanol–water partition coefficient (Wildman–Crippen LogP) is 4.14. The second-order valence-corrected chi connectivity index (χ2v) is 11.7. The molecule has 1 aromatic heterocycles. The number of β-amino-alcohol motifs (C(OH)–C–C–N with tert-alkyl or cyclic N) is 1. The Morgan fingerprint density at radius 3 is 2.74 bits per heavy atom. The van der Waals surface area contributed by atoms with E-state index in [1.807, 2.05) is 35.5 Å². The largest absolute Gasteiger partial charge is 0.478 e. The Labute approximate surface area is 237 Å². The number of benzene rings is 1. The Balaban J connectivity index is 1.38. The lowest BCUT2D eigenvalue weighted by Crippen LogP contribution is -2.44. The summed E-state index contributed by atoms with van der Waals surface area (Å²) < 4.78 is 5.88. The fraction of sp³-hybridized carbons (Fsp3) is 0.500. The van der Waals surface area contributed by atoms with Crippen molar-refractivity contribution in [1.29, 1.82) is 0 Å². The maximum atomic E-state index is 13.3. The molecule has 3 atom stereocenters. The van der Waals surface area contributed by atoms with Crippen LogP contribution in [0.15, 0.2) is 58.7 Å². The van der Waals surface area contributed by atoms with Crippen LogP contribution in [0.2, 0.25) is 6.32 Å². The molecule has 9 heteroatoms. The van der Waals surface area contributed by atoms with Gasteiger partial charge in [0.15, 0.2) is 0 Å². The van der Waals surface area contributed by atoms with Gasteiger partial charge in [-0.25, -0.2) is 9.98 Å². The van der Waals surface area contributed by atoms with Crippen LogP contribution in [0.5, 0.6) is 0 Å². The van der Waals surface area contributed by atoms with Crippen LogP contribution in [-0.4, -0.2) is 66.5 Å². The molecule has 2 aliphatic rings. The molecule has 0 aliphatic carbocycles. The highest BCUT2D eigenvalue weighted by Crippen LogP contribution is 2.35. The standard InChI is InChI=1S/C30H41BN4O3S/c1-19(2)28(24-13-27(32-16-24)38-12-6-5-11-31)21(4)35-17-25(36)14-26(35)30(37)33-15-22-7-9-23(10-8-22)29-20(3)34-18-39-29/h7-10,13,18-19,25-26,28,36H,4-6,11-12,14-17,31H2,1-3H3,(H,33,37)/t25-,26?,28?/m1/s1. The molecule has 2 N–H and O–H groups in total. The maximum absolute atomic E-state index is 13.3. The second-order valence-electron chi connectivity index (χ2n) is 10.9. The van der Waals surface area contributed by atoms with E-state index in [4.69, 9.17) is 4.74 Å². The summed E-state index contributed by atoms with van der Waals surface area (Å²) in [4.78, 5) is 25.4. The van der Waals surface area contributed by atoms with E-state index in [0.29, 0.717) is 38.6 Å². The lowest BCUT2D eigenvalue weighted by molar-refractivity contribution is -0.125. The molecule has 1 amide bonds.